The Morgan fingerprint density at radius 2 is 2.00 bits per heavy atom. The van der Waals surface area contributed by atoms with Crippen LogP contribution in [0.15, 0.2) is 35.5 Å². The lowest BCUT2D eigenvalue weighted by molar-refractivity contribution is 0.439. The fourth-order valence-corrected chi connectivity index (χ4v) is 4.49. The van der Waals surface area contributed by atoms with E-state index >= 15 is 4.39 Å². The number of aryl methyl sites for hydroxylation is 2. The summed E-state index contributed by atoms with van der Waals surface area (Å²) in [5.74, 6) is 1.69. The van der Waals surface area contributed by atoms with E-state index in [2.05, 4.69) is 21.0 Å². The van der Waals surface area contributed by atoms with Crippen molar-refractivity contribution in [3.63, 3.8) is 0 Å². The monoisotopic (exact) mass is 414 g/mol. The maximum Gasteiger partial charge on any atom is 0.268 e. The number of nitrogens with zero attached hydrogens (tertiary/aromatic N) is 6. The Kier molecular flexibility index (Phi) is 4.58. The quantitative estimate of drug-likeness (QED) is 0.466. The van der Waals surface area contributed by atoms with Crippen LogP contribution in [0.3, 0.4) is 0 Å². The van der Waals surface area contributed by atoms with Gasteiger partial charge in [-0.2, -0.15) is 5.10 Å². The Morgan fingerprint density at radius 3 is 2.74 bits per heavy atom. The highest BCUT2D eigenvalue weighted by Gasteiger charge is 2.26. The van der Waals surface area contributed by atoms with Gasteiger partial charge < -0.3 is 0 Å². The molecular formula is C22H20BFN6O. The number of hydrogen-bond acceptors (Lipinski definition) is 5. The summed E-state index contributed by atoms with van der Waals surface area (Å²) in [7, 11) is 0. The highest BCUT2D eigenvalue weighted by Crippen LogP contribution is 2.29. The average Bonchev–Trinajstić information content (AvgIpc) is 3.14. The standard InChI is InChI=1S/C22H20BFN6O/c1-13-7-18(28-30-10-14(2)27-21(13)30)15-8-17(24)20-19(9-15)26-12-29(22(20)31)16-3-5-23(11-25)6-4-16/h7-10,12,16H,3-6H2,1-2H3. The van der Waals surface area contributed by atoms with Gasteiger partial charge in [0.15, 0.2) is 5.65 Å². The van der Waals surface area contributed by atoms with Crippen LogP contribution in [0.25, 0.3) is 27.8 Å². The van der Waals surface area contributed by atoms with Crippen molar-refractivity contribution in [3.05, 3.63) is 58.2 Å². The molecule has 0 aliphatic carbocycles. The summed E-state index contributed by atoms with van der Waals surface area (Å²) in [4.78, 5) is 21.9. The average molecular weight is 414 g/mol. The molecule has 0 N–H and O–H groups in total. The van der Waals surface area contributed by atoms with Gasteiger partial charge in [-0.15, -0.1) is 0 Å². The Balaban J connectivity index is 1.58. The van der Waals surface area contributed by atoms with Crippen LogP contribution >= 0.6 is 0 Å². The normalized spacial score (nSPS) is 15.0. The van der Waals surface area contributed by atoms with E-state index in [0.29, 0.717) is 16.8 Å². The number of rotatable bonds is 2. The molecule has 1 fully saturated rings. The zero-order chi connectivity index (χ0) is 21.7. The first kappa shape index (κ1) is 19.4. The first-order valence-corrected chi connectivity index (χ1v) is 10.4. The van der Waals surface area contributed by atoms with E-state index in [1.165, 1.54) is 17.0 Å². The van der Waals surface area contributed by atoms with Crippen molar-refractivity contribution in [3.8, 4) is 17.2 Å². The van der Waals surface area contributed by atoms with Gasteiger partial charge in [0.1, 0.15) is 11.2 Å². The molecular weight excluding hydrogens is 394 g/mol. The minimum atomic E-state index is -0.605. The van der Waals surface area contributed by atoms with E-state index in [1.54, 1.807) is 10.6 Å². The first-order valence-electron chi connectivity index (χ1n) is 10.4. The van der Waals surface area contributed by atoms with Gasteiger partial charge in [-0.1, -0.05) is 12.6 Å². The van der Waals surface area contributed by atoms with Crippen molar-refractivity contribution in [1.29, 1.82) is 5.26 Å². The zero-order valence-corrected chi connectivity index (χ0v) is 17.3. The van der Waals surface area contributed by atoms with Crippen LogP contribution in [0.2, 0.25) is 12.6 Å². The van der Waals surface area contributed by atoms with E-state index in [4.69, 9.17) is 5.26 Å². The largest absolute Gasteiger partial charge is 0.296 e. The van der Waals surface area contributed by atoms with Crippen molar-refractivity contribution >= 4 is 23.3 Å². The highest BCUT2D eigenvalue weighted by molar-refractivity contribution is 6.67. The number of hydrogen-bond donors (Lipinski definition) is 0. The van der Waals surface area contributed by atoms with Gasteiger partial charge in [0.2, 0.25) is 0 Å². The summed E-state index contributed by atoms with van der Waals surface area (Å²) in [6.45, 7) is 3.86. The Hall–Kier alpha value is -3.54. The molecule has 1 saturated heterocycles. The molecule has 0 spiro atoms. The van der Waals surface area contributed by atoms with Crippen molar-refractivity contribution in [2.75, 3.05) is 0 Å². The molecule has 4 heterocycles. The molecule has 5 rings (SSSR count). The lowest BCUT2D eigenvalue weighted by Crippen LogP contribution is -2.30. The third-order valence-corrected chi connectivity index (χ3v) is 6.14. The van der Waals surface area contributed by atoms with Crippen molar-refractivity contribution < 1.29 is 4.39 Å². The van der Waals surface area contributed by atoms with Crippen LogP contribution < -0.4 is 5.56 Å². The van der Waals surface area contributed by atoms with Crippen LogP contribution in [-0.2, 0) is 0 Å². The van der Waals surface area contributed by atoms with Crippen molar-refractivity contribution in [2.45, 2.75) is 45.4 Å². The minimum Gasteiger partial charge on any atom is -0.296 e. The second kappa shape index (κ2) is 7.31. The smallest absolute Gasteiger partial charge is 0.268 e. The first-order chi connectivity index (χ1) is 14.9. The second-order valence-corrected chi connectivity index (χ2v) is 8.31. The molecule has 0 unspecified atom stereocenters. The molecule has 0 bridgehead atoms. The summed E-state index contributed by atoms with van der Waals surface area (Å²) >= 11 is 0. The molecule has 9 heteroatoms. The SMILES string of the molecule is Cc1cn2nc(-c3cc(F)c4c(=O)n(C5CCB(C#N)CC5)cnc4c3)cc(C)c2n1. The number of fused-ring (bicyclic) bond motifs is 2. The molecule has 4 aromatic rings. The Labute approximate surface area is 178 Å². The van der Waals surface area contributed by atoms with Gasteiger partial charge in [0, 0.05) is 17.6 Å². The second-order valence-electron chi connectivity index (χ2n) is 8.31. The zero-order valence-electron chi connectivity index (χ0n) is 17.3. The third-order valence-electron chi connectivity index (χ3n) is 6.14. The maximum atomic E-state index is 15.1. The topological polar surface area (TPSA) is 88.9 Å². The summed E-state index contributed by atoms with van der Waals surface area (Å²) in [5, 5.41) is 13.6. The van der Waals surface area contributed by atoms with Gasteiger partial charge in [-0.05, 0) is 50.5 Å². The Bertz CT molecular complexity index is 1430. The van der Waals surface area contributed by atoms with Crippen LogP contribution in [0.1, 0.15) is 30.1 Å². The third kappa shape index (κ3) is 3.28. The van der Waals surface area contributed by atoms with Crippen LogP contribution in [0.5, 0.6) is 0 Å². The van der Waals surface area contributed by atoms with Crippen LogP contribution in [0.4, 0.5) is 4.39 Å². The number of benzene rings is 1. The van der Waals surface area contributed by atoms with E-state index in [9.17, 15) is 4.79 Å². The number of imidazole rings is 1. The molecule has 0 amide bonds. The molecule has 0 saturated carbocycles. The van der Waals surface area contributed by atoms with Gasteiger partial charge in [0.25, 0.3) is 12.3 Å². The van der Waals surface area contributed by atoms with E-state index in [1.807, 2.05) is 26.1 Å². The molecule has 1 aliphatic rings. The lowest BCUT2D eigenvalue weighted by Gasteiger charge is -2.25. The molecule has 0 radical (unpaired) electrons. The predicted octanol–water partition coefficient (Wildman–Crippen LogP) is 3.75. The molecule has 1 aromatic carbocycles. The van der Waals surface area contributed by atoms with Crippen LogP contribution in [-0.4, -0.2) is 30.9 Å². The number of nitriles is 1. The molecule has 1 aliphatic heterocycles. The van der Waals surface area contributed by atoms with Gasteiger partial charge in [-0.3, -0.25) is 9.36 Å². The Morgan fingerprint density at radius 1 is 1.23 bits per heavy atom. The molecule has 31 heavy (non-hydrogen) atoms. The number of aromatic nitrogens is 5. The minimum absolute atomic E-state index is 0.00932. The number of halogens is 1. The molecule has 7 nitrogen and oxygen atoms in total. The van der Waals surface area contributed by atoms with Gasteiger partial charge in [0.05, 0.1) is 29.4 Å². The summed E-state index contributed by atoms with van der Waals surface area (Å²) in [6.07, 6.45) is 6.26. The maximum absolute atomic E-state index is 15.1. The van der Waals surface area contributed by atoms with E-state index in [-0.39, 0.29) is 23.7 Å². The van der Waals surface area contributed by atoms with Gasteiger partial charge in [-0.25, -0.2) is 24.1 Å². The molecule has 3 aromatic heterocycles. The predicted molar refractivity (Wildman–Crippen MR) is 117 cm³/mol. The van der Waals surface area contributed by atoms with E-state index < -0.39 is 5.82 Å². The fourth-order valence-electron chi connectivity index (χ4n) is 4.49. The molecule has 154 valence electrons. The van der Waals surface area contributed by atoms with Crippen LogP contribution in [0, 0.1) is 30.9 Å². The summed E-state index contributed by atoms with van der Waals surface area (Å²) < 4.78 is 18.3. The fraction of sp³-hybridized carbons (Fsp3) is 0.318. The lowest BCUT2D eigenvalue weighted by atomic mass is 9.42. The van der Waals surface area contributed by atoms with E-state index in [0.717, 1.165) is 42.4 Å². The van der Waals surface area contributed by atoms with Crippen molar-refractivity contribution in [1.82, 2.24) is 24.1 Å². The summed E-state index contributed by atoms with van der Waals surface area (Å²) in [5.41, 5.74) is 3.61. The highest BCUT2D eigenvalue weighted by atomic mass is 19.1. The summed E-state index contributed by atoms with van der Waals surface area (Å²) in [6, 6.07) is 4.86. The van der Waals surface area contributed by atoms with Gasteiger partial charge >= 0.3 is 0 Å². The van der Waals surface area contributed by atoms with Crippen molar-refractivity contribution in [2.24, 2.45) is 0 Å². The molecule has 0 atom stereocenters.